The number of benzene rings is 1. The molecule has 7 nitrogen and oxygen atoms in total. The molecule has 0 radical (unpaired) electrons. The number of hydrogen-bond donors (Lipinski definition) is 1. The van der Waals surface area contributed by atoms with Gasteiger partial charge >= 0.3 is 0 Å². The Morgan fingerprint density at radius 1 is 1.42 bits per heavy atom. The first-order valence-corrected chi connectivity index (χ1v) is 5.96. The van der Waals surface area contributed by atoms with Gasteiger partial charge in [0.2, 0.25) is 0 Å². The minimum Gasteiger partial charge on any atom is -0.324 e. The predicted octanol–water partition coefficient (Wildman–Crippen LogP) is 1.64. The van der Waals surface area contributed by atoms with Crippen LogP contribution in [-0.4, -0.2) is 19.7 Å². The second-order valence-corrected chi connectivity index (χ2v) is 4.10. The second-order valence-electron chi connectivity index (χ2n) is 4.10. The molecule has 2 rings (SSSR count). The third-order valence-electron chi connectivity index (χ3n) is 3.07. The van der Waals surface area contributed by atoms with Crippen LogP contribution in [0.4, 0.5) is 5.69 Å². The van der Waals surface area contributed by atoms with Gasteiger partial charge in [0.15, 0.2) is 5.82 Å². The van der Waals surface area contributed by atoms with Gasteiger partial charge in [-0.2, -0.15) is 0 Å². The molecule has 0 atom stereocenters. The van der Waals surface area contributed by atoms with Crippen LogP contribution >= 0.6 is 0 Å². The molecular formula is C12H15N5O2. The van der Waals surface area contributed by atoms with Gasteiger partial charge in [-0.15, -0.1) is 10.2 Å². The standard InChI is InChI=1S/C12H15N5O2/c1-3-16-11(7-13)14-15-12(16)9-5-4-6-10(8(9)2)17(18)19/h4-6H,3,7,13H2,1-2H3. The summed E-state index contributed by atoms with van der Waals surface area (Å²) in [7, 11) is 0. The Labute approximate surface area is 110 Å². The molecule has 0 aliphatic rings. The van der Waals surface area contributed by atoms with Crippen molar-refractivity contribution in [3.05, 3.63) is 39.7 Å². The van der Waals surface area contributed by atoms with E-state index in [2.05, 4.69) is 10.2 Å². The van der Waals surface area contributed by atoms with Gasteiger partial charge in [-0.3, -0.25) is 10.1 Å². The summed E-state index contributed by atoms with van der Waals surface area (Å²) in [5.41, 5.74) is 6.98. The summed E-state index contributed by atoms with van der Waals surface area (Å²) in [5, 5.41) is 19.1. The van der Waals surface area contributed by atoms with E-state index in [1.165, 1.54) is 6.07 Å². The van der Waals surface area contributed by atoms with Crippen LogP contribution in [0.15, 0.2) is 18.2 Å². The molecule has 2 N–H and O–H groups in total. The van der Waals surface area contributed by atoms with E-state index in [-0.39, 0.29) is 12.2 Å². The SMILES string of the molecule is CCn1c(CN)nnc1-c1cccc([N+](=O)[O-])c1C. The molecule has 0 unspecified atom stereocenters. The summed E-state index contributed by atoms with van der Waals surface area (Å²) >= 11 is 0. The van der Waals surface area contributed by atoms with E-state index in [0.717, 1.165) is 0 Å². The fraction of sp³-hybridized carbons (Fsp3) is 0.333. The molecule has 0 bridgehead atoms. The number of nitro groups is 1. The minimum absolute atomic E-state index is 0.0810. The van der Waals surface area contributed by atoms with E-state index in [4.69, 9.17) is 5.73 Å². The molecule has 7 heteroatoms. The Kier molecular flexibility index (Phi) is 3.57. The fourth-order valence-corrected chi connectivity index (χ4v) is 2.08. The maximum absolute atomic E-state index is 11.0. The van der Waals surface area contributed by atoms with E-state index in [9.17, 15) is 10.1 Å². The average molecular weight is 261 g/mol. The minimum atomic E-state index is -0.394. The van der Waals surface area contributed by atoms with Crippen LogP contribution in [0.1, 0.15) is 18.3 Å². The smallest absolute Gasteiger partial charge is 0.273 e. The average Bonchev–Trinajstić information content (AvgIpc) is 2.81. The molecule has 0 aliphatic heterocycles. The topological polar surface area (TPSA) is 99.9 Å². The monoisotopic (exact) mass is 261 g/mol. The van der Waals surface area contributed by atoms with Crippen molar-refractivity contribution in [2.75, 3.05) is 0 Å². The molecule has 0 saturated carbocycles. The Morgan fingerprint density at radius 3 is 2.74 bits per heavy atom. The molecule has 1 heterocycles. The van der Waals surface area contributed by atoms with Crippen molar-refractivity contribution in [3.63, 3.8) is 0 Å². The molecule has 0 aliphatic carbocycles. The highest BCUT2D eigenvalue weighted by molar-refractivity contribution is 5.66. The van der Waals surface area contributed by atoms with Gasteiger partial charge in [0.1, 0.15) is 5.82 Å². The first-order chi connectivity index (χ1) is 9.10. The third-order valence-corrected chi connectivity index (χ3v) is 3.07. The molecule has 0 fully saturated rings. The maximum Gasteiger partial charge on any atom is 0.273 e. The third kappa shape index (κ3) is 2.19. The van der Waals surface area contributed by atoms with Crippen LogP contribution < -0.4 is 5.73 Å². The quantitative estimate of drug-likeness (QED) is 0.666. The van der Waals surface area contributed by atoms with Crippen molar-refractivity contribution >= 4 is 5.69 Å². The van der Waals surface area contributed by atoms with E-state index in [0.29, 0.717) is 29.3 Å². The Balaban J connectivity index is 2.62. The number of nitrogens with zero attached hydrogens (tertiary/aromatic N) is 4. The lowest BCUT2D eigenvalue weighted by atomic mass is 10.1. The first kappa shape index (κ1) is 13.2. The zero-order valence-corrected chi connectivity index (χ0v) is 10.8. The number of nitrogens with two attached hydrogens (primary N) is 1. The van der Waals surface area contributed by atoms with Crippen molar-refractivity contribution in [3.8, 4) is 11.4 Å². The molecule has 0 spiro atoms. The van der Waals surface area contributed by atoms with E-state index in [1.54, 1.807) is 19.1 Å². The summed E-state index contributed by atoms with van der Waals surface area (Å²) in [6.45, 7) is 4.62. The molecule has 0 saturated heterocycles. The normalized spacial score (nSPS) is 10.7. The molecule has 19 heavy (non-hydrogen) atoms. The number of aromatic nitrogens is 3. The summed E-state index contributed by atoms with van der Waals surface area (Å²) in [6.07, 6.45) is 0. The summed E-state index contributed by atoms with van der Waals surface area (Å²) in [6, 6.07) is 4.94. The largest absolute Gasteiger partial charge is 0.324 e. The highest BCUT2D eigenvalue weighted by Crippen LogP contribution is 2.28. The van der Waals surface area contributed by atoms with Gasteiger partial charge < -0.3 is 10.3 Å². The Morgan fingerprint density at radius 2 is 2.16 bits per heavy atom. The zero-order chi connectivity index (χ0) is 14.0. The van der Waals surface area contributed by atoms with E-state index in [1.807, 2.05) is 11.5 Å². The van der Waals surface area contributed by atoms with Crippen molar-refractivity contribution in [1.29, 1.82) is 0 Å². The Hall–Kier alpha value is -2.28. The molecule has 0 amide bonds. The van der Waals surface area contributed by atoms with E-state index >= 15 is 0 Å². The molecule has 1 aromatic heterocycles. The van der Waals surface area contributed by atoms with Crippen molar-refractivity contribution < 1.29 is 4.92 Å². The number of rotatable bonds is 4. The van der Waals surface area contributed by atoms with Gasteiger partial charge in [-0.25, -0.2) is 0 Å². The van der Waals surface area contributed by atoms with Gasteiger partial charge in [-0.1, -0.05) is 12.1 Å². The van der Waals surface area contributed by atoms with Crippen molar-refractivity contribution in [2.45, 2.75) is 26.9 Å². The highest BCUT2D eigenvalue weighted by atomic mass is 16.6. The highest BCUT2D eigenvalue weighted by Gasteiger charge is 2.19. The van der Waals surface area contributed by atoms with Gasteiger partial charge in [-0.05, 0) is 13.8 Å². The van der Waals surface area contributed by atoms with Crippen LogP contribution in [0, 0.1) is 17.0 Å². The zero-order valence-electron chi connectivity index (χ0n) is 10.8. The van der Waals surface area contributed by atoms with Crippen LogP contribution in [0.2, 0.25) is 0 Å². The lowest BCUT2D eigenvalue weighted by Gasteiger charge is -2.08. The molecular weight excluding hydrogens is 246 g/mol. The lowest BCUT2D eigenvalue weighted by molar-refractivity contribution is -0.385. The second kappa shape index (κ2) is 5.15. The van der Waals surface area contributed by atoms with Gasteiger partial charge in [0.05, 0.1) is 11.5 Å². The summed E-state index contributed by atoms with van der Waals surface area (Å²) in [4.78, 5) is 10.6. The van der Waals surface area contributed by atoms with Crippen LogP contribution in [0.3, 0.4) is 0 Å². The van der Waals surface area contributed by atoms with Crippen LogP contribution in [0.25, 0.3) is 11.4 Å². The first-order valence-electron chi connectivity index (χ1n) is 5.96. The summed E-state index contributed by atoms with van der Waals surface area (Å²) in [5.74, 6) is 1.28. The number of nitro benzene ring substituents is 1. The van der Waals surface area contributed by atoms with Gasteiger partial charge in [0, 0.05) is 23.7 Å². The van der Waals surface area contributed by atoms with Crippen molar-refractivity contribution in [1.82, 2.24) is 14.8 Å². The summed E-state index contributed by atoms with van der Waals surface area (Å²) < 4.78 is 1.87. The van der Waals surface area contributed by atoms with Crippen molar-refractivity contribution in [2.24, 2.45) is 5.73 Å². The van der Waals surface area contributed by atoms with Crippen LogP contribution in [-0.2, 0) is 13.1 Å². The van der Waals surface area contributed by atoms with E-state index < -0.39 is 4.92 Å². The molecule has 2 aromatic rings. The maximum atomic E-state index is 11.0. The van der Waals surface area contributed by atoms with Gasteiger partial charge in [0.25, 0.3) is 5.69 Å². The number of hydrogen-bond acceptors (Lipinski definition) is 5. The molecule has 1 aromatic carbocycles. The lowest BCUT2D eigenvalue weighted by Crippen LogP contribution is -2.08. The Bertz CT molecular complexity index is 621. The van der Waals surface area contributed by atoms with Crippen LogP contribution in [0.5, 0.6) is 0 Å². The molecule has 100 valence electrons. The predicted molar refractivity (Wildman–Crippen MR) is 70.4 cm³/mol. The fourth-order valence-electron chi connectivity index (χ4n) is 2.08.